The van der Waals surface area contributed by atoms with Gasteiger partial charge in [-0.1, -0.05) is 56.4 Å². The molecule has 0 aromatic carbocycles. The SMILES string of the molecule is C/C=C/C=C/C=C/CC/C=C\C(=O)NCC(C)C. The number of amides is 1. The van der Waals surface area contributed by atoms with E-state index in [0.29, 0.717) is 5.92 Å². The Balaban J connectivity index is 3.61. The van der Waals surface area contributed by atoms with Gasteiger partial charge in [-0.15, -0.1) is 0 Å². The summed E-state index contributed by atoms with van der Waals surface area (Å²) in [6, 6.07) is 0. The van der Waals surface area contributed by atoms with Gasteiger partial charge in [0.15, 0.2) is 0 Å². The van der Waals surface area contributed by atoms with Crippen molar-refractivity contribution in [1.82, 2.24) is 5.32 Å². The topological polar surface area (TPSA) is 29.1 Å². The lowest BCUT2D eigenvalue weighted by Gasteiger charge is -2.03. The maximum absolute atomic E-state index is 11.3. The third-order valence-electron chi connectivity index (χ3n) is 2.12. The summed E-state index contributed by atoms with van der Waals surface area (Å²) in [7, 11) is 0. The van der Waals surface area contributed by atoms with Crippen LogP contribution in [0, 0.1) is 5.92 Å². The number of nitrogens with one attached hydrogen (secondary N) is 1. The molecule has 0 spiro atoms. The number of carbonyl (C=O) groups is 1. The fourth-order valence-electron chi connectivity index (χ4n) is 1.16. The van der Waals surface area contributed by atoms with Crippen molar-refractivity contribution in [3.8, 4) is 0 Å². The first-order valence-electron chi connectivity index (χ1n) is 6.55. The molecular formula is C16H25NO. The molecule has 0 heterocycles. The van der Waals surface area contributed by atoms with Gasteiger partial charge in [-0.3, -0.25) is 4.79 Å². The van der Waals surface area contributed by atoms with Crippen LogP contribution in [0.3, 0.4) is 0 Å². The van der Waals surface area contributed by atoms with Crippen molar-refractivity contribution in [3.05, 3.63) is 48.6 Å². The zero-order chi connectivity index (χ0) is 13.6. The highest BCUT2D eigenvalue weighted by atomic mass is 16.1. The predicted octanol–water partition coefficient (Wildman–Crippen LogP) is 3.78. The van der Waals surface area contributed by atoms with Crippen LogP contribution in [0.1, 0.15) is 33.6 Å². The van der Waals surface area contributed by atoms with Crippen molar-refractivity contribution in [3.63, 3.8) is 0 Å². The first-order chi connectivity index (χ1) is 8.66. The van der Waals surface area contributed by atoms with E-state index >= 15 is 0 Å². The van der Waals surface area contributed by atoms with Crippen LogP contribution in [0.25, 0.3) is 0 Å². The Morgan fingerprint density at radius 3 is 2.39 bits per heavy atom. The molecule has 0 radical (unpaired) electrons. The van der Waals surface area contributed by atoms with Crippen molar-refractivity contribution in [2.75, 3.05) is 6.54 Å². The molecule has 0 saturated heterocycles. The van der Waals surface area contributed by atoms with Crippen LogP contribution in [-0.4, -0.2) is 12.5 Å². The first kappa shape index (κ1) is 16.4. The minimum Gasteiger partial charge on any atom is -0.352 e. The minimum atomic E-state index is 0.000610. The predicted molar refractivity (Wildman–Crippen MR) is 79.3 cm³/mol. The Kier molecular flexibility index (Phi) is 10.9. The molecule has 2 heteroatoms. The molecule has 0 fully saturated rings. The summed E-state index contributed by atoms with van der Waals surface area (Å²) in [6.07, 6.45) is 17.5. The molecule has 0 atom stereocenters. The lowest BCUT2D eigenvalue weighted by atomic mass is 10.2. The van der Waals surface area contributed by atoms with E-state index in [2.05, 4.69) is 25.2 Å². The summed E-state index contributed by atoms with van der Waals surface area (Å²) in [6.45, 7) is 6.88. The van der Waals surface area contributed by atoms with E-state index in [1.54, 1.807) is 6.08 Å². The van der Waals surface area contributed by atoms with E-state index in [0.717, 1.165) is 19.4 Å². The monoisotopic (exact) mass is 247 g/mol. The van der Waals surface area contributed by atoms with Gasteiger partial charge >= 0.3 is 0 Å². The van der Waals surface area contributed by atoms with E-state index in [1.807, 2.05) is 43.4 Å². The lowest BCUT2D eigenvalue weighted by Crippen LogP contribution is -2.25. The molecule has 0 aromatic rings. The van der Waals surface area contributed by atoms with Crippen molar-refractivity contribution >= 4 is 5.91 Å². The number of carbonyl (C=O) groups excluding carboxylic acids is 1. The smallest absolute Gasteiger partial charge is 0.243 e. The molecule has 0 aliphatic rings. The molecular weight excluding hydrogens is 222 g/mol. The number of hydrogen-bond donors (Lipinski definition) is 1. The standard InChI is InChI=1S/C16H25NO/c1-4-5-6-7-8-9-10-11-12-13-16(18)17-14-15(2)3/h4-9,12-13,15H,10-11,14H2,1-3H3,(H,17,18)/b5-4+,7-6+,9-8+,13-12-. The van der Waals surface area contributed by atoms with Crippen molar-refractivity contribution < 1.29 is 4.79 Å². The number of unbranched alkanes of at least 4 members (excludes halogenated alkanes) is 1. The average molecular weight is 247 g/mol. The van der Waals surface area contributed by atoms with Gasteiger partial charge in [0.2, 0.25) is 5.91 Å². The molecule has 1 N–H and O–H groups in total. The zero-order valence-electron chi connectivity index (χ0n) is 11.7. The Bertz CT molecular complexity index is 322. The Morgan fingerprint density at radius 2 is 1.72 bits per heavy atom. The summed E-state index contributed by atoms with van der Waals surface area (Å²) in [4.78, 5) is 11.3. The van der Waals surface area contributed by atoms with Gasteiger partial charge in [-0.2, -0.15) is 0 Å². The van der Waals surface area contributed by atoms with E-state index in [1.165, 1.54) is 0 Å². The van der Waals surface area contributed by atoms with Gasteiger partial charge in [0, 0.05) is 6.54 Å². The Morgan fingerprint density at radius 1 is 1.06 bits per heavy atom. The second kappa shape index (κ2) is 11.9. The number of hydrogen-bond acceptors (Lipinski definition) is 1. The summed E-state index contributed by atoms with van der Waals surface area (Å²) in [5, 5.41) is 2.84. The van der Waals surface area contributed by atoms with E-state index < -0.39 is 0 Å². The molecule has 0 aliphatic carbocycles. The Labute approximate surface area is 111 Å². The molecule has 0 aliphatic heterocycles. The van der Waals surface area contributed by atoms with Crippen molar-refractivity contribution in [2.45, 2.75) is 33.6 Å². The second-order valence-electron chi connectivity index (χ2n) is 4.46. The maximum Gasteiger partial charge on any atom is 0.243 e. The van der Waals surface area contributed by atoms with E-state index in [4.69, 9.17) is 0 Å². The van der Waals surface area contributed by atoms with Gasteiger partial charge in [-0.25, -0.2) is 0 Å². The third kappa shape index (κ3) is 12.5. The van der Waals surface area contributed by atoms with Crippen LogP contribution in [0.5, 0.6) is 0 Å². The molecule has 18 heavy (non-hydrogen) atoms. The van der Waals surface area contributed by atoms with Crippen molar-refractivity contribution in [1.29, 1.82) is 0 Å². The lowest BCUT2D eigenvalue weighted by molar-refractivity contribution is -0.116. The fraction of sp³-hybridized carbons (Fsp3) is 0.438. The quantitative estimate of drug-likeness (QED) is 0.395. The van der Waals surface area contributed by atoms with Crippen LogP contribution in [0.15, 0.2) is 48.6 Å². The first-order valence-corrected chi connectivity index (χ1v) is 6.55. The zero-order valence-corrected chi connectivity index (χ0v) is 11.7. The molecule has 100 valence electrons. The highest BCUT2D eigenvalue weighted by Crippen LogP contribution is 1.94. The summed E-state index contributed by atoms with van der Waals surface area (Å²) >= 11 is 0. The van der Waals surface area contributed by atoms with Gasteiger partial charge < -0.3 is 5.32 Å². The molecule has 0 unspecified atom stereocenters. The van der Waals surface area contributed by atoms with Gasteiger partial charge in [-0.05, 0) is 31.8 Å². The highest BCUT2D eigenvalue weighted by Gasteiger charge is 1.96. The highest BCUT2D eigenvalue weighted by molar-refractivity contribution is 5.87. The normalized spacial score (nSPS) is 12.7. The maximum atomic E-state index is 11.3. The van der Waals surface area contributed by atoms with Gasteiger partial charge in [0.1, 0.15) is 0 Å². The average Bonchev–Trinajstić information content (AvgIpc) is 2.34. The Hall–Kier alpha value is -1.57. The molecule has 0 saturated carbocycles. The third-order valence-corrected chi connectivity index (χ3v) is 2.12. The molecule has 1 amide bonds. The van der Waals surface area contributed by atoms with E-state index in [-0.39, 0.29) is 5.91 Å². The van der Waals surface area contributed by atoms with Crippen LogP contribution in [-0.2, 0) is 4.79 Å². The molecule has 0 bridgehead atoms. The molecule has 0 aromatic heterocycles. The fourth-order valence-corrected chi connectivity index (χ4v) is 1.16. The largest absolute Gasteiger partial charge is 0.352 e. The van der Waals surface area contributed by atoms with Crippen LogP contribution < -0.4 is 5.32 Å². The number of rotatable bonds is 8. The van der Waals surface area contributed by atoms with Crippen molar-refractivity contribution in [2.24, 2.45) is 5.92 Å². The summed E-state index contributed by atoms with van der Waals surface area (Å²) in [5.41, 5.74) is 0. The summed E-state index contributed by atoms with van der Waals surface area (Å²) in [5.74, 6) is 0.495. The van der Waals surface area contributed by atoms with Crippen LogP contribution in [0.4, 0.5) is 0 Å². The minimum absolute atomic E-state index is 0.000610. The second-order valence-corrected chi connectivity index (χ2v) is 4.46. The van der Waals surface area contributed by atoms with Crippen LogP contribution in [0.2, 0.25) is 0 Å². The van der Waals surface area contributed by atoms with E-state index in [9.17, 15) is 4.79 Å². The molecule has 2 nitrogen and oxygen atoms in total. The summed E-state index contributed by atoms with van der Waals surface area (Å²) < 4.78 is 0. The van der Waals surface area contributed by atoms with Gasteiger partial charge in [0.25, 0.3) is 0 Å². The molecule has 0 rings (SSSR count). The number of allylic oxidation sites excluding steroid dienone is 7. The van der Waals surface area contributed by atoms with Crippen LogP contribution >= 0.6 is 0 Å². The van der Waals surface area contributed by atoms with Gasteiger partial charge in [0.05, 0.1) is 0 Å².